The molecule has 4 rings (SSSR count). The topological polar surface area (TPSA) is 69.7 Å². The first-order valence-electron chi connectivity index (χ1n) is 9.17. The van der Waals surface area contributed by atoms with Crippen molar-refractivity contribution >= 4 is 21.6 Å². The van der Waals surface area contributed by atoms with E-state index in [0.717, 1.165) is 24.9 Å². The molecule has 2 fully saturated rings. The van der Waals surface area contributed by atoms with Crippen LogP contribution < -0.4 is 5.32 Å². The van der Waals surface area contributed by atoms with Crippen molar-refractivity contribution in [3.63, 3.8) is 0 Å². The summed E-state index contributed by atoms with van der Waals surface area (Å²) < 4.78 is 28.4. The second-order valence-corrected chi connectivity index (χ2v) is 8.99. The Labute approximate surface area is 159 Å². The molecule has 2 saturated heterocycles. The molecule has 2 aliphatic rings. The van der Waals surface area contributed by atoms with Crippen molar-refractivity contribution in [1.29, 1.82) is 0 Å². The van der Waals surface area contributed by atoms with Gasteiger partial charge < -0.3 is 5.32 Å². The molecule has 27 heavy (non-hydrogen) atoms. The molecule has 1 amide bonds. The standard InChI is InChI=1S/C20H23N3O3S/c1-15(24)21-17-9-11-19(12-10-17)27(25,26)23-14-18-8-5-13-22(18)20(23)16-6-3-2-4-7-16/h2-4,6-7,9-12,18,20H,5,8,13-14H2,1H3,(H,21,24). The van der Waals surface area contributed by atoms with Crippen molar-refractivity contribution < 1.29 is 13.2 Å². The molecular formula is C20H23N3O3S. The van der Waals surface area contributed by atoms with E-state index in [1.807, 2.05) is 30.3 Å². The lowest BCUT2D eigenvalue weighted by atomic mass is 10.1. The lowest BCUT2D eigenvalue weighted by Gasteiger charge is -2.29. The molecule has 2 aliphatic heterocycles. The average molecular weight is 385 g/mol. The molecule has 2 heterocycles. The van der Waals surface area contributed by atoms with Gasteiger partial charge in [-0.05, 0) is 42.7 Å². The van der Waals surface area contributed by atoms with E-state index in [-0.39, 0.29) is 23.0 Å². The summed E-state index contributed by atoms with van der Waals surface area (Å²) in [6, 6.07) is 16.5. The molecule has 0 saturated carbocycles. The summed E-state index contributed by atoms with van der Waals surface area (Å²) in [7, 11) is -3.64. The minimum absolute atomic E-state index is 0.185. The Balaban J connectivity index is 1.68. The van der Waals surface area contributed by atoms with Crippen LogP contribution in [0.25, 0.3) is 0 Å². The Morgan fingerprint density at radius 2 is 1.78 bits per heavy atom. The van der Waals surface area contributed by atoms with Crippen LogP contribution in [0.3, 0.4) is 0 Å². The van der Waals surface area contributed by atoms with Gasteiger partial charge in [-0.15, -0.1) is 0 Å². The molecule has 1 N–H and O–H groups in total. The molecule has 0 aromatic heterocycles. The number of nitrogens with zero attached hydrogens (tertiary/aromatic N) is 2. The molecule has 142 valence electrons. The van der Waals surface area contributed by atoms with Crippen LogP contribution in [-0.2, 0) is 14.8 Å². The van der Waals surface area contributed by atoms with E-state index in [9.17, 15) is 13.2 Å². The number of anilines is 1. The molecule has 7 heteroatoms. The molecule has 0 spiro atoms. The number of amides is 1. The van der Waals surface area contributed by atoms with Gasteiger partial charge in [0.05, 0.1) is 4.90 Å². The minimum atomic E-state index is -3.64. The van der Waals surface area contributed by atoms with E-state index in [1.54, 1.807) is 28.6 Å². The maximum atomic E-state index is 13.4. The van der Waals surface area contributed by atoms with Crippen molar-refractivity contribution in [2.75, 3.05) is 18.4 Å². The van der Waals surface area contributed by atoms with Gasteiger partial charge >= 0.3 is 0 Å². The van der Waals surface area contributed by atoms with Gasteiger partial charge in [0.25, 0.3) is 0 Å². The van der Waals surface area contributed by atoms with E-state index in [2.05, 4.69) is 10.2 Å². The van der Waals surface area contributed by atoms with Crippen molar-refractivity contribution in [3.05, 3.63) is 60.2 Å². The zero-order valence-electron chi connectivity index (χ0n) is 15.2. The number of sulfonamides is 1. The number of carbonyl (C=O) groups excluding carboxylic acids is 1. The number of nitrogens with one attached hydrogen (secondary N) is 1. The largest absolute Gasteiger partial charge is 0.326 e. The summed E-state index contributed by atoms with van der Waals surface area (Å²) in [5.74, 6) is -0.185. The quantitative estimate of drug-likeness (QED) is 0.879. The predicted molar refractivity (Wildman–Crippen MR) is 104 cm³/mol. The molecule has 2 aromatic carbocycles. The zero-order valence-corrected chi connectivity index (χ0v) is 16.0. The third kappa shape index (κ3) is 3.38. The lowest BCUT2D eigenvalue weighted by Crippen LogP contribution is -2.35. The normalized spacial score (nSPS) is 23.3. The fourth-order valence-electron chi connectivity index (χ4n) is 4.11. The second-order valence-electron chi connectivity index (χ2n) is 7.10. The highest BCUT2D eigenvalue weighted by Gasteiger charge is 2.47. The van der Waals surface area contributed by atoms with Gasteiger partial charge in [0.2, 0.25) is 15.9 Å². The first kappa shape index (κ1) is 18.2. The maximum Gasteiger partial charge on any atom is 0.244 e. The van der Waals surface area contributed by atoms with E-state index in [1.165, 1.54) is 6.92 Å². The first-order chi connectivity index (χ1) is 13.0. The van der Waals surface area contributed by atoms with Gasteiger partial charge in [-0.2, -0.15) is 4.31 Å². The van der Waals surface area contributed by atoms with Crippen molar-refractivity contribution in [2.24, 2.45) is 0 Å². The first-order valence-corrected chi connectivity index (χ1v) is 10.6. The summed E-state index contributed by atoms with van der Waals surface area (Å²) in [5, 5.41) is 2.66. The van der Waals surface area contributed by atoms with Gasteiger partial charge in [-0.1, -0.05) is 30.3 Å². The molecule has 2 aromatic rings. The number of benzene rings is 2. The third-order valence-corrected chi connectivity index (χ3v) is 7.11. The number of rotatable bonds is 4. The summed E-state index contributed by atoms with van der Waals surface area (Å²) >= 11 is 0. The van der Waals surface area contributed by atoms with Crippen LogP contribution in [0.5, 0.6) is 0 Å². The zero-order chi connectivity index (χ0) is 19.0. The Kier molecular flexibility index (Phi) is 4.75. The highest BCUT2D eigenvalue weighted by atomic mass is 32.2. The molecule has 0 radical (unpaired) electrons. The van der Waals surface area contributed by atoms with Gasteiger partial charge in [-0.3, -0.25) is 9.69 Å². The van der Waals surface area contributed by atoms with Crippen LogP contribution in [-0.4, -0.2) is 42.7 Å². The molecule has 6 nitrogen and oxygen atoms in total. The summed E-state index contributed by atoms with van der Waals surface area (Å²) in [6.45, 7) is 2.85. The van der Waals surface area contributed by atoms with E-state index in [4.69, 9.17) is 0 Å². The monoisotopic (exact) mass is 385 g/mol. The maximum absolute atomic E-state index is 13.4. The lowest BCUT2D eigenvalue weighted by molar-refractivity contribution is -0.114. The highest BCUT2D eigenvalue weighted by molar-refractivity contribution is 7.89. The van der Waals surface area contributed by atoms with Crippen LogP contribution in [0.2, 0.25) is 0 Å². The fourth-order valence-corrected chi connectivity index (χ4v) is 5.74. The second kappa shape index (κ2) is 7.07. The minimum Gasteiger partial charge on any atom is -0.326 e. The third-order valence-electron chi connectivity index (χ3n) is 5.28. The summed E-state index contributed by atoms with van der Waals surface area (Å²) in [6.07, 6.45) is 1.86. The molecule has 0 bridgehead atoms. The highest BCUT2D eigenvalue weighted by Crippen LogP contribution is 2.41. The van der Waals surface area contributed by atoms with E-state index >= 15 is 0 Å². The molecule has 2 unspecified atom stereocenters. The Hall–Kier alpha value is -2.22. The van der Waals surface area contributed by atoms with Crippen LogP contribution in [0.15, 0.2) is 59.5 Å². The van der Waals surface area contributed by atoms with Gasteiger partial charge in [0, 0.05) is 31.7 Å². The van der Waals surface area contributed by atoms with Gasteiger partial charge in [-0.25, -0.2) is 8.42 Å². The van der Waals surface area contributed by atoms with Crippen molar-refractivity contribution in [2.45, 2.75) is 36.9 Å². The summed E-state index contributed by atoms with van der Waals surface area (Å²) in [4.78, 5) is 13.7. The average Bonchev–Trinajstić information content (AvgIpc) is 3.23. The molecule has 2 atom stereocenters. The van der Waals surface area contributed by atoms with Crippen LogP contribution in [0.4, 0.5) is 5.69 Å². The van der Waals surface area contributed by atoms with Crippen LogP contribution in [0, 0.1) is 0 Å². The number of hydrogen-bond acceptors (Lipinski definition) is 4. The Bertz CT molecular complexity index is 929. The molecular weight excluding hydrogens is 362 g/mol. The van der Waals surface area contributed by atoms with E-state index in [0.29, 0.717) is 12.2 Å². The van der Waals surface area contributed by atoms with Crippen LogP contribution in [0.1, 0.15) is 31.5 Å². The Morgan fingerprint density at radius 3 is 2.44 bits per heavy atom. The number of fused-ring (bicyclic) bond motifs is 1. The predicted octanol–water partition coefficient (Wildman–Crippen LogP) is 2.81. The van der Waals surface area contributed by atoms with Crippen molar-refractivity contribution in [3.8, 4) is 0 Å². The van der Waals surface area contributed by atoms with Crippen molar-refractivity contribution in [1.82, 2.24) is 9.21 Å². The fraction of sp³-hybridized carbons (Fsp3) is 0.350. The molecule has 0 aliphatic carbocycles. The van der Waals surface area contributed by atoms with E-state index < -0.39 is 10.0 Å². The summed E-state index contributed by atoms with van der Waals surface area (Å²) in [5.41, 5.74) is 1.59. The van der Waals surface area contributed by atoms with Gasteiger partial charge in [0.1, 0.15) is 6.17 Å². The Morgan fingerprint density at radius 1 is 1.07 bits per heavy atom. The smallest absolute Gasteiger partial charge is 0.244 e. The van der Waals surface area contributed by atoms with Crippen LogP contribution >= 0.6 is 0 Å². The SMILES string of the molecule is CC(=O)Nc1ccc(S(=O)(=O)N2CC3CCCN3C2c2ccccc2)cc1. The van der Waals surface area contributed by atoms with Gasteiger partial charge in [0.15, 0.2) is 0 Å². The number of carbonyl (C=O) groups is 1. The number of hydrogen-bond donors (Lipinski definition) is 1.